The summed E-state index contributed by atoms with van der Waals surface area (Å²) in [6.45, 7) is 4.16. The number of aromatic nitrogens is 5. The number of anilines is 1. The largest absolute Gasteiger partial charge is 0.484 e. The first kappa shape index (κ1) is 21.7. The van der Waals surface area contributed by atoms with Crippen LogP contribution in [0.4, 0.5) is 11.6 Å². The number of methoxy groups -OCH3 is 1. The Kier molecular flexibility index (Phi) is 6.60. The summed E-state index contributed by atoms with van der Waals surface area (Å²) in [5.74, 6) is 1.54. The quantitative estimate of drug-likeness (QED) is 0.463. The van der Waals surface area contributed by atoms with Crippen LogP contribution in [-0.2, 0) is 11.3 Å². The third kappa shape index (κ3) is 5.02. The maximum absolute atomic E-state index is 6.02. The van der Waals surface area contributed by atoms with E-state index in [1.807, 2.05) is 23.0 Å². The van der Waals surface area contributed by atoms with Crippen LogP contribution in [0.5, 0.6) is 5.88 Å². The molecule has 0 atom stereocenters. The summed E-state index contributed by atoms with van der Waals surface area (Å²) < 4.78 is 13.1. The van der Waals surface area contributed by atoms with Crippen molar-refractivity contribution in [2.75, 3.05) is 33.0 Å². The van der Waals surface area contributed by atoms with Crippen LogP contribution in [0.1, 0.15) is 31.4 Å². The Bertz CT molecular complexity index is 1070. The Morgan fingerprint density at radius 1 is 1.25 bits per heavy atom. The average Bonchev–Trinajstić information content (AvgIpc) is 3.23. The average molecular weight is 437 g/mol. The normalized spacial score (nSPS) is 15.7. The second kappa shape index (κ2) is 9.73. The van der Waals surface area contributed by atoms with Gasteiger partial charge < -0.3 is 20.1 Å². The Labute approximate surface area is 187 Å². The van der Waals surface area contributed by atoms with Crippen molar-refractivity contribution in [3.8, 4) is 17.1 Å². The second-order valence-electron chi connectivity index (χ2n) is 7.81. The van der Waals surface area contributed by atoms with E-state index in [-0.39, 0.29) is 11.7 Å². The van der Waals surface area contributed by atoms with Crippen LogP contribution < -0.4 is 10.5 Å². The molecule has 0 unspecified atom stereocenters. The van der Waals surface area contributed by atoms with Crippen LogP contribution in [0.2, 0.25) is 0 Å². The number of nitrogens with zero attached hydrogens (tertiary/aromatic N) is 7. The fraction of sp³-hybridized carbons (Fsp3) is 0.409. The molecule has 4 heterocycles. The minimum Gasteiger partial charge on any atom is -0.484 e. The van der Waals surface area contributed by atoms with Gasteiger partial charge in [-0.3, -0.25) is 9.67 Å². The van der Waals surface area contributed by atoms with Gasteiger partial charge in [-0.05, 0) is 50.7 Å². The summed E-state index contributed by atoms with van der Waals surface area (Å²) in [6.07, 6.45) is 9.07. The predicted molar refractivity (Wildman–Crippen MR) is 122 cm³/mol. The SMILES string of the molecule is CO/C(C)=N/c1nn(C2CCN(C)CC2)cc1-c1cnc(N)c(OCc2ccncc2)n1. The molecule has 4 rings (SSSR count). The minimum absolute atomic E-state index is 0.226. The van der Waals surface area contributed by atoms with Crippen molar-refractivity contribution in [1.29, 1.82) is 0 Å². The molecule has 10 nitrogen and oxygen atoms in total. The Morgan fingerprint density at radius 3 is 2.72 bits per heavy atom. The zero-order valence-electron chi connectivity index (χ0n) is 18.6. The number of nitrogen functional groups attached to an aromatic ring is 1. The maximum atomic E-state index is 6.02. The van der Waals surface area contributed by atoms with E-state index >= 15 is 0 Å². The zero-order chi connectivity index (χ0) is 22.5. The number of piperidine rings is 1. The van der Waals surface area contributed by atoms with Gasteiger partial charge in [-0.25, -0.2) is 9.97 Å². The lowest BCUT2D eigenvalue weighted by Crippen LogP contribution is -2.31. The topological polar surface area (TPSA) is 117 Å². The monoisotopic (exact) mass is 436 g/mol. The molecular formula is C22H28N8O2. The van der Waals surface area contributed by atoms with Gasteiger partial charge in [0.05, 0.1) is 30.6 Å². The lowest BCUT2D eigenvalue weighted by molar-refractivity contribution is 0.212. The number of aliphatic imine (C=N–C) groups is 1. The van der Waals surface area contributed by atoms with Gasteiger partial charge in [-0.2, -0.15) is 10.1 Å². The van der Waals surface area contributed by atoms with Gasteiger partial charge in [0.25, 0.3) is 5.88 Å². The first-order chi connectivity index (χ1) is 15.5. The van der Waals surface area contributed by atoms with Gasteiger partial charge in [-0.1, -0.05) is 0 Å². The van der Waals surface area contributed by atoms with Gasteiger partial charge in [0.1, 0.15) is 6.61 Å². The molecule has 0 amide bonds. The molecule has 3 aromatic heterocycles. The Balaban J connectivity index is 1.65. The highest BCUT2D eigenvalue weighted by atomic mass is 16.5. The highest BCUT2D eigenvalue weighted by molar-refractivity contribution is 5.80. The third-order valence-corrected chi connectivity index (χ3v) is 5.50. The number of rotatable bonds is 6. The van der Waals surface area contributed by atoms with Crippen molar-refractivity contribution < 1.29 is 9.47 Å². The first-order valence-electron chi connectivity index (χ1n) is 10.5. The van der Waals surface area contributed by atoms with E-state index in [9.17, 15) is 0 Å². The van der Waals surface area contributed by atoms with Crippen molar-refractivity contribution in [1.82, 2.24) is 29.6 Å². The van der Waals surface area contributed by atoms with Crippen LogP contribution >= 0.6 is 0 Å². The summed E-state index contributed by atoms with van der Waals surface area (Å²) in [6, 6.07) is 4.06. The summed E-state index contributed by atoms with van der Waals surface area (Å²) in [5.41, 5.74) is 8.32. The highest BCUT2D eigenvalue weighted by Gasteiger charge is 2.22. The molecule has 1 aliphatic rings. The van der Waals surface area contributed by atoms with Crippen molar-refractivity contribution in [3.05, 3.63) is 42.5 Å². The predicted octanol–water partition coefficient (Wildman–Crippen LogP) is 2.86. The molecular weight excluding hydrogens is 408 g/mol. The fourth-order valence-electron chi connectivity index (χ4n) is 3.53. The van der Waals surface area contributed by atoms with Crippen molar-refractivity contribution >= 4 is 17.5 Å². The zero-order valence-corrected chi connectivity index (χ0v) is 18.6. The number of hydrogen-bond acceptors (Lipinski definition) is 9. The van der Waals surface area contributed by atoms with E-state index in [0.29, 0.717) is 30.1 Å². The summed E-state index contributed by atoms with van der Waals surface area (Å²) in [7, 11) is 3.72. The van der Waals surface area contributed by atoms with Crippen LogP contribution in [0, 0.1) is 0 Å². The second-order valence-corrected chi connectivity index (χ2v) is 7.81. The van der Waals surface area contributed by atoms with Gasteiger partial charge in [0, 0.05) is 25.5 Å². The number of nitrogens with two attached hydrogens (primary N) is 1. The minimum atomic E-state index is 0.226. The molecule has 168 valence electrons. The molecule has 0 aliphatic carbocycles. The van der Waals surface area contributed by atoms with Crippen molar-refractivity contribution in [2.45, 2.75) is 32.4 Å². The lowest BCUT2D eigenvalue weighted by atomic mass is 10.1. The Morgan fingerprint density at radius 2 is 2.00 bits per heavy atom. The van der Waals surface area contributed by atoms with Crippen LogP contribution in [0.3, 0.4) is 0 Å². The summed E-state index contributed by atoms with van der Waals surface area (Å²) >= 11 is 0. The van der Waals surface area contributed by atoms with E-state index in [1.54, 1.807) is 32.6 Å². The van der Waals surface area contributed by atoms with E-state index in [1.165, 1.54) is 0 Å². The number of likely N-dealkylation sites (tertiary alicyclic amines) is 1. The number of pyridine rings is 1. The van der Waals surface area contributed by atoms with E-state index in [2.05, 4.69) is 31.9 Å². The van der Waals surface area contributed by atoms with Gasteiger partial charge in [0.15, 0.2) is 17.5 Å². The molecule has 0 bridgehead atoms. The molecule has 10 heteroatoms. The Hall–Kier alpha value is -3.53. The van der Waals surface area contributed by atoms with Gasteiger partial charge in [-0.15, -0.1) is 0 Å². The number of hydrogen-bond donors (Lipinski definition) is 1. The van der Waals surface area contributed by atoms with E-state index in [0.717, 1.165) is 37.1 Å². The highest BCUT2D eigenvalue weighted by Crippen LogP contribution is 2.33. The molecule has 1 fully saturated rings. The van der Waals surface area contributed by atoms with E-state index in [4.69, 9.17) is 20.3 Å². The van der Waals surface area contributed by atoms with Crippen LogP contribution in [0.25, 0.3) is 11.3 Å². The molecule has 32 heavy (non-hydrogen) atoms. The fourth-order valence-corrected chi connectivity index (χ4v) is 3.53. The van der Waals surface area contributed by atoms with Crippen molar-refractivity contribution in [2.24, 2.45) is 4.99 Å². The standard InChI is InChI=1S/C22H28N8O2/c1-15(31-3)26-21-18(13-30(28-21)17-6-10-29(2)11-7-17)19-12-25-20(23)22(27-19)32-14-16-4-8-24-9-5-16/h4-5,8-9,12-13,17H,6-7,10-11,14H2,1-3H3,(H2,23,25)/b26-15+. The molecule has 0 spiro atoms. The maximum Gasteiger partial charge on any atom is 0.258 e. The molecule has 1 saturated heterocycles. The first-order valence-corrected chi connectivity index (χ1v) is 10.5. The molecule has 0 saturated carbocycles. The summed E-state index contributed by atoms with van der Waals surface area (Å²) in [4.78, 5) is 19.8. The van der Waals surface area contributed by atoms with E-state index < -0.39 is 0 Å². The molecule has 2 N–H and O–H groups in total. The smallest absolute Gasteiger partial charge is 0.258 e. The van der Waals surface area contributed by atoms with Gasteiger partial charge >= 0.3 is 0 Å². The summed E-state index contributed by atoms with van der Waals surface area (Å²) in [5, 5.41) is 4.75. The molecule has 0 aromatic carbocycles. The number of ether oxygens (including phenoxy) is 2. The van der Waals surface area contributed by atoms with Crippen LogP contribution in [-0.4, -0.2) is 62.8 Å². The third-order valence-electron chi connectivity index (χ3n) is 5.50. The lowest BCUT2D eigenvalue weighted by Gasteiger charge is -2.28. The van der Waals surface area contributed by atoms with Crippen molar-refractivity contribution in [3.63, 3.8) is 0 Å². The van der Waals surface area contributed by atoms with Crippen LogP contribution in [0.15, 0.2) is 41.9 Å². The molecule has 0 radical (unpaired) electrons. The molecule has 1 aliphatic heterocycles. The molecule has 3 aromatic rings. The van der Waals surface area contributed by atoms with Gasteiger partial charge in [0.2, 0.25) is 0 Å².